The van der Waals surface area contributed by atoms with Crippen molar-refractivity contribution in [3.05, 3.63) is 63.4 Å². The number of benzene rings is 2. The first-order valence-corrected chi connectivity index (χ1v) is 11.3. The second-order valence-electron chi connectivity index (χ2n) is 7.88. The van der Waals surface area contributed by atoms with Crippen molar-refractivity contribution in [2.24, 2.45) is 0 Å². The third kappa shape index (κ3) is 4.93. The van der Waals surface area contributed by atoms with Crippen LogP contribution in [0.25, 0.3) is 6.08 Å². The number of hydrogen-bond acceptors (Lipinski definition) is 5. The number of halogens is 2. The van der Waals surface area contributed by atoms with Crippen molar-refractivity contribution in [2.75, 3.05) is 7.11 Å². The molecule has 4 rings (SSSR count). The Morgan fingerprint density at radius 1 is 1.15 bits per heavy atom. The number of imide groups is 2. The van der Waals surface area contributed by atoms with Crippen LogP contribution in [0, 0.1) is 5.82 Å². The zero-order valence-corrected chi connectivity index (χ0v) is 19.5. The number of rotatable bonds is 6. The molecule has 9 heteroatoms. The summed E-state index contributed by atoms with van der Waals surface area (Å²) in [6.45, 7) is 0.190. The van der Waals surface area contributed by atoms with Crippen molar-refractivity contribution < 1.29 is 28.2 Å². The summed E-state index contributed by atoms with van der Waals surface area (Å²) in [5.74, 6) is -0.852. The molecular weight excluding hydrogens is 495 g/mol. The van der Waals surface area contributed by atoms with Crippen LogP contribution in [0.5, 0.6) is 11.5 Å². The second kappa shape index (κ2) is 9.74. The largest absolute Gasteiger partial charge is 0.493 e. The zero-order chi connectivity index (χ0) is 23.5. The molecule has 0 bridgehead atoms. The molecule has 2 aromatic carbocycles. The monoisotopic (exact) mass is 516 g/mol. The minimum Gasteiger partial charge on any atom is -0.493 e. The molecule has 2 aliphatic rings. The lowest BCUT2D eigenvalue weighted by atomic mass is 10.0. The molecule has 1 N–H and O–H groups in total. The molecule has 0 aromatic heterocycles. The minimum absolute atomic E-state index is 0.115. The average molecular weight is 517 g/mol. The molecule has 33 heavy (non-hydrogen) atoms. The van der Waals surface area contributed by atoms with Gasteiger partial charge >= 0.3 is 6.03 Å². The van der Waals surface area contributed by atoms with Gasteiger partial charge in [-0.2, -0.15) is 0 Å². The maximum Gasteiger partial charge on any atom is 0.331 e. The van der Waals surface area contributed by atoms with E-state index in [0.29, 0.717) is 21.5 Å². The molecule has 1 heterocycles. The van der Waals surface area contributed by atoms with Gasteiger partial charge in [-0.05, 0) is 70.2 Å². The Labute approximate surface area is 198 Å². The number of nitrogens with one attached hydrogen (secondary N) is 1. The highest BCUT2D eigenvalue weighted by Crippen LogP contribution is 2.38. The summed E-state index contributed by atoms with van der Waals surface area (Å²) in [6, 6.07) is 8.41. The maximum absolute atomic E-state index is 13.1. The van der Waals surface area contributed by atoms with Crippen molar-refractivity contribution in [1.29, 1.82) is 0 Å². The van der Waals surface area contributed by atoms with Crippen molar-refractivity contribution in [3.63, 3.8) is 0 Å². The highest BCUT2D eigenvalue weighted by atomic mass is 79.9. The SMILES string of the molecule is COc1cc(/C=C2\C(=O)NC(=O)N(C3CCCC3)C2=O)cc(Br)c1OCc1ccc(F)cc1. The third-order valence-electron chi connectivity index (χ3n) is 5.68. The lowest BCUT2D eigenvalue weighted by Gasteiger charge is -2.31. The second-order valence-corrected chi connectivity index (χ2v) is 8.73. The van der Waals surface area contributed by atoms with Gasteiger partial charge in [0.25, 0.3) is 11.8 Å². The minimum atomic E-state index is -0.731. The van der Waals surface area contributed by atoms with Gasteiger partial charge in [0, 0.05) is 6.04 Å². The van der Waals surface area contributed by atoms with Crippen LogP contribution in [0.15, 0.2) is 46.4 Å². The Morgan fingerprint density at radius 3 is 2.52 bits per heavy atom. The van der Waals surface area contributed by atoms with Crippen molar-refractivity contribution >= 4 is 39.9 Å². The molecule has 172 valence electrons. The average Bonchev–Trinajstić information content (AvgIpc) is 3.31. The number of barbiturate groups is 1. The van der Waals surface area contributed by atoms with Gasteiger partial charge in [-0.15, -0.1) is 0 Å². The van der Waals surface area contributed by atoms with Gasteiger partial charge in [0.2, 0.25) is 0 Å². The topological polar surface area (TPSA) is 84.9 Å². The molecule has 1 aliphatic heterocycles. The summed E-state index contributed by atoms with van der Waals surface area (Å²) in [7, 11) is 1.47. The highest BCUT2D eigenvalue weighted by molar-refractivity contribution is 9.10. The number of ether oxygens (including phenoxy) is 2. The van der Waals surface area contributed by atoms with Crippen LogP contribution in [-0.2, 0) is 16.2 Å². The number of carbonyl (C=O) groups is 3. The van der Waals surface area contributed by atoms with Gasteiger partial charge in [-0.3, -0.25) is 19.8 Å². The van der Waals surface area contributed by atoms with Crippen LogP contribution in [0.1, 0.15) is 36.8 Å². The van der Waals surface area contributed by atoms with Gasteiger partial charge in [-0.25, -0.2) is 9.18 Å². The first-order valence-electron chi connectivity index (χ1n) is 10.5. The van der Waals surface area contributed by atoms with Crippen molar-refractivity contribution in [3.8, 4) is 11.5 Å². The summed E-state index contributed by atoms with van der Waals surface area (Å²) >= 11 is 3.45. The Kier molecular flexibility index (Phi) is 6.78. The molecule has 1 saturated carbocycles. The van der Waals surface area contributed by atoms with E-state index in [0.717, 1.165) is 36.1 Å². The zero-order valence-electron chi connectivity index (χ0n) is 17.9. The predicted octanol–water partition coefficient (Wildman–Crippen LogP) is 4.58. The van der Waals surface area contributed by atoms with Gasteiger partial charge in [0.05, 0.1) is 11.6 Å². The molecule has 1 aliphatic carbocycles. The van der Waals surface area contributed by atoms with Gasteiger partial charge in [0.15, 0.2) is 11.5 Å². The van der Waals surface area contributed by atoms with E-state index in [1.165, 1.54) is 25.3 Å². The molecule has 4 amide bonds. The molecule has 0 radical (unpaired) electrons. The smallest absolute Gasteiger partial charge is 0.331 e. The van der Waals surface area contributed by atoms with E-state index in [4.69, 9.17) is 9.47 Å². The Balaban J connectivity index is 1.59. The Hall–Kier alpha value is -3.20. The lowest BCUT2D eigenvalue weighted by molar-refractivity contribution is -0.131. The highest BCUT2D eigenvalue weighted by Gasteiger charge is 2.40. The quantitative estimate of drug-likeness (QED) is 0.448. The van der Waals surface area contributed by atoms with Gasteiger partial charge < -0.3 is 9.47 Å². The van der Waals surface area contributed by atoms with Crippen molar-refractivity contribution in [1.82, 2.24) is 10.2 Å². The first kappa shape index (κ1) is 23.0. The molecule has 7 nitrogen and oxygen atoms in total. The molecule has 0 spiro atoms. The standard InChI is InChI=1S/C24H22BrFN2O5/c1-32-20-12-15(11-19(25)21(20)33-13-14-6-8-16(26)9-7-14)10-18-22(29)27-24(31)28(23(18)30)17-4-2-3-5-17/h6-12,17H,2-5,13H2,1H3,(H,27,29,31)/b18-10+. The van der Waals surface area contributed by atoms with Crippen molar-refractivity contribution in [2.45, 2.75) is 38.3 Å². The van der Waals surface area contributed by atoms with Crippen LogP contribution in [0.3, 0.4) is 0 Å². The first-order chi connectivity index (χ1) is 15.9. The van der Waals surface area contributed by atoms with E-state index < -0.39 is 17.8 Å². The number of hydrogen-bond donors (Lipinski definition) is 1. The van der Waals surface area contributed by atoms with Crippen LogP contribution in [-0.4, -0.2) is 35.9 Å². The number of methoxy groups -OCH3 is 1. The van der Waals surface area contributed by atoms with Gasteiger partial charge in [0.1, 0.15) is 18.0 Å². The summed E-state index contributed by atoms with van der Waals surface area (Å²) in [5.41, 5.74) is 1.18. The molecule has 1 saturated heterocycles. The maximum atomic E-state index is 13.1. The summed E-state index contributed by atoms with van der Waals surface area (Å²) in [6.07, 6.45) is 4.79. The van der Waals surface area contributed by atoms with Crippen LogP contribution in [0.2, 0.25) is 0 Å². The summed E-state index contributed by atoms with van der Waals surface area (Å²) in [5, 5.41) is 2.27. The third-order valence-corrected chi connectivity index (χ3v) is 6.27. The number of nitrogens with zero attached hydrogens (tertiary/aromatic N) is 1. The number of amides is 4. The Bertz CT molecular complexity index is 1130. The lowest BCUT2D eigenvalue weighted by Crippen LogP contribution is -2.57. The number of urea groups is 1. The Morgan fingerprint density at radius 2 is 1.85 bits per heavy atom. The van der Waals surface area contributed by atoms with E-state index in [2.05, 4.69) is 21.2 Å². The number of carbonyl (C=O) groups excluding carboxylic acids is 3. The van der Waals surface area contributed by atoms with Crippen LogP contribution in [0.4, 0.5) is 9.18 Å². The summed E-state index contributed by atoms with van der Waals surface area (Å²) in [4.78, 5) is 38.9. The van der Waals surface area contributed by atoms with Gasteiger partial charge in [-0.1, -0.05) is 25.0 Å². The van der Waals surface area contributed by atoms with E-state index in [-0.39, 0.29) is 24.0 Å². The van der Waals surface area contributed by atoms with E-state index in [9.17, 15) is 18.8 Å². The van der Waals surface area contributed by atoms with Crippen LogP contribution < -0.4 is 14.8 Å². The molecule has 0 atom stereocenters. The molecule has 2 aromatic rings. The fourth-order valence-electron chi connectivity index (χ4n) is 4.03. The summed E-state index contributed by atoms with van der Waals surface area (Å²) < 4.78 is 25.0. The van der Waals surface area contributed by atoms with Crippen LogP contribution >= 0.6 is 15.9 Å². The van der Waals surface area contributed by atoms with E-state index in [1.807, 2.05) is 0 Å². The molecular formula is C24H22BrFN2O5. The van der Waals surface area contributed by atoms with E-state index in [1.54, 1.807) is 24.3 Å². The molecule has 2 fully saturated rings. The van der Waals surface area contributed by atoms with E-state index >= 15 is 0 Å². The normalized spacial score (nSPS) is 18.1. The molecule has 0 unspecified atom stereocenters. The fourth-order valence-corrected chi connectivity index (χ4v) is 4.61. The fraction of sp³-hybridized carbons (Fsp3) is 0.292. The predicted molar refractivity (Wildman–Crippen MR) is 122 cm³/mol.